The molecule has 1 amide bonds. The van der Waals surface area contributed by atoms with Crippen molar-refractivity contribution in [3.05, 3.63) is 22.2 Å². The molecule has 3 heteroatoms. The van der Waals surface area contributed by atoms with E-state index in [1.54, 1.807) is 0 Å². The quantitative estimate of drug-likeness (QED) is 0.702. The van der Waals surface area contributed by atoms with Gasteiger partial charge in [-0.25, -0.2) is 0 Å². The van der Waals surface area contributed by atoms with E-state index in [2.05, 4.69) is 20.8 Å². The monoisotopic (exact) mass is 253 g/mol. The van der Waals surface area contributed by atoms with Gasteiger partial charge in [-0.2, -0.15) is 0 Å². The number of nitrogens with zero attached hydrogens (tertiary/aromatic N) is 1. The summed E-state index contributed by atoms with van der Waals surface area (Å²) in [5.74, 6) is 0.733. The van der Waals surface area contributed by atoms with Crippen LogP contribution in [0.1, 0.15) is 19.3 Å². The average molecular weight is 254 g/mol. The van der Waals surface area contributed by atoms with E-state index >= 15 is 0 Å². The number of allylic oxidation sites excluding steroid dienone is 3. The summed E-state index contributed by atoms with van der Waals surface area (Å²) >= 11 is 3.50. The fourth-order valence-corrected chi connectivity index (χ4v) is 2.85. The topological polar surface area (TPSA) is 20.3 Å². The van der Waals surface area contributed by atoms with Crippen molar-refractivity contribution in [2.75, 3.05) is 6.54 Å². The second-order valence-corrected chi connectivity index (χ2v) is 5.34. The molecule has 0 N–H and O–H groups in total. The molecule has 1 saturated heterocycles. The normalized spacial score (nSPS) is 31.4. The van der Waals surface area contributed by atoms with Gasteiger partial charge in [0.15, 0.2) is 0 Å². The number of rotatable bonds is 1. The molecule has 0 radical (unpaired) electrons. The standard InChI is InChI=1S/C11H12BrNO/c12-8-1-4-10-7(5-8)6-13(11(10)14)9-2-3-9/h1,4,7,9H,2-3,5-6H2. The van der Waals surface area contributed by atoms with Gasteiger partial charge in [0, 0.05) is 24.1 Å². The highest BCUT2D eigenvalue weighted by molar-refractivity contribution is 9.11. The lowest BCUT2D eigenvalue weighted by Crippen LogP contribution is -2.27. The Morgan fingerprint density at radius 2 is 2.14 bits per heavy atom. The van der Waals surface area contributed by atoms with E-state index < -0.39 is 0 Å². The zero-order valence-corrected chi connectivity index (χ0v) is 9.46. The van der Waals surface area contributed by atoms with Gasteiger partial charge in [0.25, 0.3) is 0 Å². The number of carbonyl (C=O) groups is 1. The van der Waals surface area contributed by atoms with Gasteiger partial charge in [-0.05, 0) is 23.7 Å². The van der Waals surface area contributed by atoms with Crippen LogP contribution in [0.3, 0.4) is 0 Å². The van der Waals surface area contributed by atoms with E-state index in [-0.39, 0.29) is 5.91 Å². The van der Waals surface area contributed by atoms with E-state index in [0.29, 0.717) is 12.0 Å². The molecule has 2 aliphatic carbocycles. The van der Waals surface area contributed by atoms with Gasteiger partial charge in [0.05, 0.1) is 0 Å². The van der Waals surface area contributed by atoms with E-state index in [1.807, 2.05) is 12.2 Å². The number of halogens is 1. The molecule has 1 unspecified atom stereocenters. The Labute approximate surface area is 91.8 Å². The number of likely N-dealkylation sites (tertiary alicyclic amines) is 1. The molecule has 14 heavy (non-hydrogen) atoms. The zero-order valence-electron chi connectivity index (χ0n) is 7.87. The third kappa shape index (κ3) is 1.26. The molecule has 0 spiro atoms. The molecule has 1 aliphatic heterocycles. The lowest BCUT2D eigenvalue weighted by molar-refractivity contribution is -0.125. The third-order valence-electron chi connectivity index (χ3n) is 3.24. The molecular formula is C11H12BrNO. The zero-order chi connectivity index (χ0) is 9.71. The van der Waals surface area contributed by atoms with E-state index in [0.717, 1.165) is 18.5 Å². The summed E-state index contributed by atoms with van der Waals surface area (Å²) in [5, 5.41) is 0. The van der Waals surface area contributed by atoms with Crippen LogP contribution in [0.25, 0.3) is 0 Å². The third-order valence-corrected chi connectivity index (χ3v) is 3.83. The van der Waals surface area contributed by atoms with Crippen molar-refractivity contribution in [2.45, 2.75) is 25.3 Å². The molecule has 3 aliphatic rings. The maximum absolute atomic E-state index is 11.9. The van der Waals surface area contributed by atoms with Crippen molar-refractivity contribution >= 4 is 21.8 Å². The number of carbonyl (C=O) groups excluding carboxylic acids is 1. The molecule has 74 valence electrons. The van der Waals surface area contributed by atoms with Crippen LogP contribution in [0.2, 0.25) is 0 Å². The van der Waals surface area contributed by atoms with E-state index in [1.165, 1.54) is 17.3 Å². The molecule has 1 saturated carbocycles. The summed E-state index contributed by atoms with van der Waals surface area (Å²) in [4.78, 5) is 14.0. The predicted molar refractivity (Wildman–Crippen MR) is 57.9 cm³/mol. The van der Waals surface area contributed by atoms with Crippen LogP contribution >= 0.6 is 15.9 Å². The minimum absolute atomic E-state index is 0.286. The van der Waals surface area contributed by atoms with Crippen LogP contribution in [0.4, 0.5) is 0 Å². The van der Waals surface area contributed by atoms with Gasteiger partial charge >= 0.3 is 0 Å². The lowest BCUT2D eigenvalue weighted by Gasteiger charge is -2.14. The van der Waals surface area contributed by atoms with Crippen LogP contribution in [0.15, 0.2) is 22.2 Å². The number of amides is 1. The van der Waals surface area contributed by atoms with Gasteiger partial charge < -0.3 is 4.90 Å². The molecular weight excluding hydrogens is 242 g/mol. The first kappa shape index (κ1) is 8.72. The first-order valence-electron chi connectivity index (χ1n) is 5.13. The highest BCUT2D eigenvalue weighted by Crippen LogP contribution is 2.39. The average Bonchev–Trinajstić information content (AvgIpc) is 2.93. The van der Waals surface area contributed by atoms with Gasteiger partial charge in [0.1, 0.15) is 0 Å². The SMILES string of the molecule is O=C1C2=CC=C(Br)CC2CN1C1CC1. The summed E-state index contributed by atoms with van der Waals surface area (Å²) in [6.45, 7) is 0.943. The molecule has 0 aromatic heterocycles. The van der Waals surface area contributed by atoms with Crippen molar-refractivity contribution in [1.82, 2.24) is 4.90 Å². The van der Waals surface area contributed by atoms with Gasteiger partial charge in [-0.15, -0.1) is 0 Å². The minimum Gasteiger partial charge on any atom is -0.335 e. The summed E-state index contributed by atoms with van der Waals surface area (Å²) in [6, 6.07) is 0.563. The molecule has 2 nitrogen and oxygen atoms in total. The molecule has 1 atom stereocenters. The second kappa shape index (κ2) is 2.96. The summed E-state index contributed by atoms with van der Waals surface area (Å²) in [7, 11) is 0. The van der Waals surface area contributed by atoms with E-state index in [4.69, 9.17) is 0 Å². The largest absolute Gasteiger partial charge is 0.335 e. The van der Waals surface area contributed by atoms with Gasteiger partial charge in [-0.1, -0.05) is 28.1 Å². The Morgan fingerprint density at radius 3 is 2.86 bits per heavy atom. The molecule has 0 bridgehead atoms. The number of hydrogen-bond acceptors (Lipinski definition) is 1. The maximum Gasteiger partial charge on any atom is 0.250 e. The smallest absolute Gasteiger partial charge is 0.250 e. The summed E-state index contributed by atoms with van der Waals surface area (Å²) in [6.07, 6.45) is 7.42. The van der Waals surface area contributed by atoms with Crippen LogP contribution < -0.4 is 0 Å². The first-order chi connectivity index (χ1) is 6.75. The van der Waals surface area contributed by atoms with Crippen molar-refractivity contribution in [3.8, 4) is 0 Å². The Bertz CT molecular complexity index is 354. The van der Waals surface area contributed by atoms with Gasteiger partial charge in [0.2, 0.25) is 5.91 Å². The molecule has 0 aromatic carbocycles. The summed E-state index contributed by atoms with van der Waals surface area (Å²) < 4.78 is 1.22. The van der Waals surface area contributed by atoms with Crippen LogP contribution in [-0.4, -0.2) is 23.4 Å². The Morgan fingerprint density at radius 1 is 1.36 bits per heavy atom. The minimum atomic E-state index is 0.286. The lowest BCUT2D eigenvalue weighted by atomic mass is 9.94. The van der Waals surface area contributed by atoms with Crippen molar-refractivity contribution in [2.24, 2.45) is 5.92 Å². The highest BCUT2D eigenvalue weighted by atomic mass is 79.9. The fourth-order valence-electron chi connectivity index (χ4n) is 2.33. The van der Waals surface area contributed by atoms with Crippen molar-refractivity contribution in [3.63, 3.8) is 0 Å². The summed E-state index contributed by atoms with van der Waals surface area (Å²) in [5.41, 5.74) is 1.03. The Hall–Kier alpha value is -0.570. The second-order valence-electron chi connectivity index (χ2n) is 4.33. The number of fused-ring (bicyclic) bond motifs is 1. The molecule has 3 rings (SSSR count). The van der Waals surface area contributed by atoms with Crippen molar-refractivity contribution < 1.29 is 4.79 Å². The molecule has 0 aromatic rings. The maximum atomic E-state index is 11.9. The Kier molecular flexibility index (Phi) is 1.84. The van der Waals surface area contributed by atoms with Crippen LogP contribution in [-0.2, 0) is 4.79 Å². The Balaban J connectivity index is 1.87. The van der Waals surface area contributed by atoms with E-state index in [9.17, 15) is 4.79 Å². The van der Waals surface area contributed by atoms with Crippen LogP contribution in [0, 0.1) is 5.92 Å². The first-order valence-corrected chi connectivity index (χ1v) is 5.92. The fraction of sp³-hybridized carbons (Fsp3) is 0.545. The molecule has 1 heterocycles. The van der Waals surface area contributed by atoms with Crippen LogP contribution in [0.5, 0.6) is 0 Å². The van der Waals surface area contributed by atoms with Gasteiger partial charge in [-0.3, -0.25) is 4.79 Å². The predicted octanol–water partition coefficient (Wildman–Crippen LogP) is 2.22. The highest BCUT2D eigenvalue weighted by Gasteiger charge is 2.42. The molecule has 2 fully saturated rings. The number of hydrogen-bond donors (Lipinski definition) is 0. The van der Waals surface area contributed by atoms with Crippen molar-refractivity contribution in [1.29, 1.82) is 0 Å².